The van der Waals surface area contributed by atoms with Crippen molar-refractivity contribution >= 4 is 0 Å². The lowest BCUT2D eigenvalue weighted by atomic mass is 10.2. The second-order valence-electron chi connectivity index (χ2n) is 2.73. The molecular weight excluding hydrogens is 196 g/mol. The summed E-state index contributed by atoms with van der Waals surface area (Å²) < 4.78 is 5.11. The van der Waals surface area contributed by atoms with Crippen molar-refractivity contribution in [3.63, 3.8) is 0 Å². The lowest BCUT2D eigenvalue weighted by Gasteiger charge is -1.97. The number of aromatic nitrogens is 4. The molecule has 2 rings (SSSR count). The van der Waals surface area contributed by atoms with Crippen LogP contribution in [0.4, 0.5) is 0 Å². The summed E-state index contributed by atoms with van der Waals surface area (Å²) in [5, 5.41) is 4.04. The summed E-state index contributed by atoms with van der Waals surface area (Å²) in [6, 6.07) is 1.78. The number of ether oxygens (including phenoxy) is 1. The summed E-state index contributed by atoms with van der Waals surface area (Å²) in [5.41, 5.74) is 1.51. The molecule has 2 aromatic heterocycles. The molecule has 0 amide bonds. The van der Waals surface area contributed by atoms with E-state index in [1.807, 2.05) is 0 Å². The molecule has 0 atom stereocenters. The fourth-order valence-corrected chi connectivity index (χ4v) is 1.21. The normalized spacial score (nSPS) is 10.0. The Morgan fingerprint density at radius 1 is 1.33 bits per heavy atom. The van der Waals surface area contributed by atoms with Crippen molar-refractivity contribution < 1.29 is 9.57 Å². The Balaban J connectivity index is 2.47. The monoisotopic (exact) mass is 206 g/mol. The molecule has 0 bridgehead atoms. The zero-order valence-electron chi connectivity index (χ0n) is 8.41. The van der Waals surface area contributed by atoms with Gasteiger partial charge in [0.2, 0.25) is 5.88 Å². The van der Waals surface area contributed by atoms with Gasteiger partial charge in [-0.05, 0) is 6.07 Å². The zero-order valence-corrected chi connectivity index (χ0v) is 8.41. The third-order valence-corrected chi connectivity index (χ3v) is 1.90. The van der Waals surface area contributed by atoms with Gasteiger partial charge in [0.15, 0.2) is 0 Å². The fourth-order valence-electron chi connectivity index (χ4n) is 1.21. The lowest BCUT2D eigenvalue weighted by molar-refractivity contribution is 0.130. The van der Waals surface area contributed by atoms with E-state index in [1.54, 1.807) is 25.6 Å². The second kappa shape index (κ2) is 3.95. The molecule has 0 spiro atoms. The van der Waals surface area contributed by atoms with Crippen LogP contribution in [0.15, 0.2) is 24.8 Å². The molecule has 0 saturated carbocycles. The molecule has 0 aliphatic rings. The highest BCUT2D eigenvalue weighted by molar-refractivity contribution is 5.63. The summed E-state index contributed by atoms with van der Waals surface area (Å²) in [5.74, 6) is 0.468. The number of nitrogens with zero attached hydrogens (tertiary/aromatic N) is 4. The SMILES string of the molecule is COc1nn(OC)cc1-c1ccncn1. The van der Waals surface area contributed by atoms with Gasteiger partial charge in [-0.2, -0.15) is 0 Å². The Morgan fingerprint density at radius 2 is 2.20 bits per heavy atom. The molecule has 15 heavy (non-hydrogen) atoms. The van der Waals surface area contributed by atoms with Gasteiger partial charge in [0.1, 0.15) is 13.4 Å². The molecule has 78 valence electrons. The maximum atomic E-state index is 5.11. The summed E-state index contributed by atoms with van der Waals surface area (Å²) in [7, 11) is 3.07. The average Bonchev–Trinajstić information content (AvgIpc) is 2.73. The Hall–Kier alpha value is -2.11. The molecule has 0 fully saturated rings. The zero-order chi connectivity index (χ0) is 10.7. The Bertz CT molecular complexity index is 441. The van der Waals surface area contributed by atoms with E-state index >= 15 is 0 Å². The minimum Gasteiger partial charge on any atom is -0.479 e. The second-order valence-corrected chi connectivity index (χ2v) is 2.73. The maximum absolute atomic E-state index is 5.11. The molecule has 2 aromatic rings. The molecule has 6 heteroatoms. The molecule has 0 radical (unpaired) electrons. The quantitative estimate of drug-likeness (QED) is 0.727. The van der Waals surface area contributed by atoms with E-state index in [-0.39, 0.29) is 0 Å². The first-order valence-corrected chi connectivity index (χ1v) is 4.29. The first-order chi connectivity index (χ1) is 7.35. The van der Waals surface area contributed by atoms with Crippen LogP contribution in [0.3, 0.4) is 0 Å². The van der Waals surface area contributed by atoms with Crippen LogP contribution in [0, 0.1) is 0 Å². The van der Waals surface area contributed by atoms with E-state index in [0.29, 0.717) is 5.88 Å². The van der Waals surface area contributed by atoms with Gasteiger partial charge in [-0.25, -0.2) is 9.97 Å². The minimum absolute atomic E-state index is 0.468. The van der Waals surface area contributed by atoms with Crippen LogP contribution >= 0.6 is 0 Å². The minimum atomic E-state index is 0.468. The molecule has 0 aliphatic heterocycles. The maximum Gasteiger partial charge on any atom is 0.245 e. The van der Waals surface area contributed by atoms with E-state index in [1.165, 1.54) is 18.3 Å². The van der Waals surface area contributed by atoms with Gasteiger partial charge in [0.25, 0.3) is 0 Å². The third-order valence-electron chi connectivity index (χ3n) is 1.90. The molecule has 0 unspecified atom stereocenters. The predicted molar refractivity (Wildman–Crippen MR) is 52.3 cm³/mol. The van der Waals surface area contributed by atoms with Crippen LogP contribution < -0.4 is 9.57 Å². The van der Waals surface area contributed by atoms with Crippen molar-refractivity contribution in [2.24, 2.45) is 0 Å². The van der Waals surface area contributed by atoms with Gasteiger partial charge in [-0.1, -0.05) is 5.10 Å². The van der Waals surface area contributed by atoms with Crippen LogP contribution in [-0.4, -0.2) is 34.1 Å². The first-order valence-electron chi connectivity index (χ1n) is 4.29. The Kier molecular flexibility index (Phi) is 2.49. The van der Waals surface area contributed by atoms with Crippen molar-refractivity contribution in [3.05, 3.63) is 24.8 Å². The largest absolute Gasteiger partial charge is 0.479 e. The van der Waals surface area contributed by atoms with Crippen LogP contribution in [0.25, 0.3) is 11.3 Å². The summed E-state index contributed by atoms with van der Waals surface area (Å²) in [4.78, 5) is 14.2. The number of hydrogen-bond donors (Lipinski definition) is 0. The highest BCUT2D eigenvalue weighted by Crippen LogP contribution is 2.25. The van der Waals surface area contributed by atoms with Crippen LogP contribution in [0.1, 0.15) is 0 Å². The smallest absolute Gasteiger partial charge is 0.245 e. The lowest BCUT2D eigenvalue weighted by Crippen LogP contribution is -2.05. The van der Waals surface area contributed by atoms with Gasteiger partial charge < -0.3 is 9.57 Å². The van der Waals surface area contributed by atoms with Gasteiger partial charge in [-0.15, -0.1) is 4.85 Å². The number of rotatable bonds is 3. The number of methoxy groups -OCH3 is 1. The molecule has 2 heterocycles. The third kappa shape index (κ3) is 1.74. The van der Waals surface area contributed by atoms with Crippen molar-refractivity contribution in [2.45, 2.75) is 0 Å². The number of hydrogen-bond acceptors (Lipinski definition) is 5. The van der Waals surface area contributed by atoms with Gasteiger partial charge >= 0.3 is 0 Å². The van der Waals surface area contributed by atoms with Crippen molar-refractivity contribution in [2.75, 3.05) is 14.2 Å². The van der Waals surface area contributed by atoms with Crippen LogP contribution in [0.2, 0.25) is 0 Å². The Morgan fingerprint density at radius 3 is 2.80 bits per heavy atom. The van der Waals surface area contributed by atoms with E-state index in [2.05, 4.69) is 15.1 Å². The predicted octanol–water partition coefficient (Wildman–Crippen LogP) is 0.407. The van der Waals surface area contributed by atoms with E-state index < -0.39 is 0 Å². The van der Waals surface area contributed by atoms with Crippen LogP contribution in [-0.2, 0) is 0 Å². The molecular formula is C9H10N4O2. The van der Waals surface area contributed by atoms with Gasteiger partial charge in [0, 0.05) is 6.20 Å². The topological polar surface area (TPSA) is 62.1 Å². The highest BCUT2D eigenvalue weighted by Gasteiger charge is 2.12. The molecule has 0 aliphatic carbocycles. The summed E-state index contributed by atoms with van der Waals surface area (Å²) in [6.45, 7) is 0. The summed E-state index contributed by atoms with van der Waals surface area (Å²) in [6.07, 6.45) is 4.83. The van der Waals surface area contributed by atoms with E-state index in [0.717, 1.165) is 11.3 Å². The Labute approximate surface area is 86.4 Å². The molecule has 6 nitrogen and oxygen atoms in total. The summed E-state index contributed by atoms with van der Waals surface area (Å²) >= 11 is 0. The van der Waals surface area contributed by atoms with E-state index in [9.17, 15) is 0 Å². The first kappa shape index (κ1) is 9.45. The molecule has 0 N–H and O–H groups in total. The van der Waals surface area contributed by atoms with Gasteiger partial charge in [0.05, 0.1) is 24.6 Å². The van der Waals surface area contributed by atoms with Crippen LogP contribution in [0.5, 0.6) is 5.88 Å². The standard InChI is InChI=1S/C9H10N4O2/c1-14-9-7(5-13(12-9)15-2)8-3-4-10-6-11-8/h3-6H,1-2H3. The van der Waals surface area contributed by atoms with Crippen molar-refractivity contribution in [1.82, 2.24) is 19.9 Å². The molecule has 0 saturated heterocycles. The van der Waals surface area contributed by atoms with Gasteiger partial charge in [-0.3, -0.25) is 0 Å². The average molecular weight is 206 g/mol. The van der Waals surface area contributed by atoms with Crippen molar-refractivity contribution in [1.29, 1.82) is 0 Å². The molecule has 0 aromatic carbocycles. The fraction of sp³-hybridized carbons (Fsp3) is 0.222. The van der Waals surface area contributed by atoms with E-state index in [4.69, 9.17) is 9.57 Å². The van der Waals surface area contributed by atoms with Crippen molar-refractivity contribution in [3.8, 4) is 17.1 Å². The highest BCUT2D eigenvalue weighted by atomic mass is 16.7.